The SMILES string of the molecule is COC1CCCC1SC1CCCC1. The molecule has 0 bridgehead atoms. The molecule has 1 nitrogen and oxygen atoms in total. The Balaban J connectivity index is 1.79. The molecule has 0 amide bonds. The first kappa shape index (κ1) is 9.85. The number of methoxy groups -OCH3 is 1. The van der Waals surface area contributed by atoms with Gasteiger partial charge in [0, 0.05) is 17.6 Å². The van der Waals surface area contributed by atoms with Crippen LogP contribution >= 0.6 is 11.8 Å². The van der Waals surface area contributed by atoms with Crippen LogP contribution in [0.4, 0.5) is 0 Å². The zero-order chi connectivity index (χ0) is 9.10. The summed E-state index contributed by atoms with van der Waals surface area (Å²) in [7, 11) is 1.87. The van der Waals surface area contributed by atoms with Crippen molar-refractivity contribution in [2.75, 3.05) is 7.11 Å². The van der Waals surface area contributed by atoms with Gasteiger partial charge in [-0.25, -0.2) is 0 Å². The van der Waals surface area contributed by atoms with Crippen LogP contribution in [0.3, 0.4) is 0 Å². The van der Waals surface area contributed by atoms with Gasteiger partial charge >= 0.3 is 0 Å². The molecule has 2 unspecified atom stereocenters. The Labute approximate surface area is 85.6 Å². The molecule has 0 aromatic carbocycles. The summed E-state index contributed by atoms with van der Waals surface area (Å²) in [6, 6.07) is 0. The molecule has 2 atom stereocenters. The minimum Gasteiger partial charge on any atom is -0.380 e. The lowest BCUT2D eigenvalue weighted by atomic mass is 10.3. The molecule has 0 aromatic rings. The summed E-state index contributed by atoms with van der Waals surface area (Å²) in [5.41, 5.74) is 0. The Morgan fingerprint density at radius 3 is 2.46 bits per heavy atom. The Bertz CT molecular complexity index is 154. The highest BCUT2D eigenvalue weighted by molar-refractivity contribution is 8.00. The van der Waals surface area contributed by atoms with Crippen molar-refractivity contribution in [3.05, 3.63) is 0 Å². The van der Waals surface area contributed by atoms with Crippen LogP contribution in [-0.2, 0) is 4.74 Å². The monoisotopic (exact) mass is 200 g/mol. The third kappa shape index (κ3) is 2.41. The van der Waals surface area contributed by atoms with E-state index in [0.29, 0.717) is 6.10 Å². The van der Waals surface area contributed by atoms with E-state index >= 15 is 0 Å². The van der Waals surface area contributed by atoms with Crippen molar-refractivity contribution in [1.29, 1.82) is 0 Å². The quantitative estimate of drug-likeness (QED) is 0.691. The van der Waals surface area contributed by atoms with E-state index in [-0.39, 0.29) is 0 Å². The lowest BCUT2D eigenvalue weighted by Crippen LogP contribution is -2.20. The number of rotatable bonds is 3. The third-order valence-corrected chi connectivity index (χ3v) is 5.11. The first-order valence-corrected chi connectivity index (χ1v) is 6.52. The van der Waals surface area contributed by atoms with Crippen molar-refractivity contribution in [3.63, 3.8) is 0 Å². The fraction of sp³-hybridized carbons (Fsp3) is 1.00. The molecule has 0 radical (unpaired) electrons. The Hall–Kier alpha value is 0.310. The van der Waals surface area contributed by atoms with Gasteiger partial charge in [-0.3, -0.25) is 0 Å². The number of hydrogen-bond acceptors (Lipinski definition) is 2. The van der Waals surface area contributed by atoms with Crippen LogP contribution < -0.4 is 0 Å². The summed E-state index contributed by atoms with van der Waals surface area (Å²) >= 11 is 2.22. The summed E-state index contributed by atoms with van der Waals surface area (Å²) < 4.78 is 5.51. The standard InChI is InChI=1S/C11H20OS/c1-12-10-7-4-8-11(10)13-9-5-2-3-6-9/h9-11H,2-8H2,1H3. The van der Waals surface area contributed by atoms with Gasteiger partial charge in [0.25, 0.3) is 0 Å². The second-order valence-corrected chi connectivity index (χ2v) is 5.83. The molecule has 13 heavy (non-hydrogen) atoms. The minimum atomic E-state index is 0.561. The molecule has 0 saturated heterocycles. The predicted octanol–water partition coefficient (Wildman–Crippen LogP) is 3.23. The molecule has 2 aliphatic carbocycles. The third-order valence-electron chi connectivity index (χ3n) is 3.36. The van der Waals surface area contributed by atoms with Gasteiger partial charge in [0.2, 0.25) is 0 Å². The second kappa shape index (κ2) is 4.70. The molecular formula is C11H20OS. The molecule has 0 aliphatic heterocycles. The Morgan fingerprint density at radius 1 is 1.00 bits per heavy atom. The van der Waals surface area contributed by atoms with Crippen molar-refractivity contribution in [2.24, 2.45) is 0 Å². The maximum atomic E-state index is 5.51. The van der Waals surface area contributed by atoms with Crippen LogP contribution in [0.15, 0.2) is 0 Å². The largest absolute Gasteiger partial charge is 0.380 e. The average molecular weight is 200 g/mol. The van der Waals surface area contributed by atoms with Crippen LogP contribution in [0.5, 0.6) is 0 Å². The van der Waals surface area contributed by atoms with Gasteiger partial charge in [-0.1, -0.05) is 12.8 Å². The Kier molecular flexibility index (Phi) is 3.56. The molecule has 2 rings (SSSR count). The van der Waals surface area contributed by atoms with E-state index in [4.69, 9.17) is 4.74 Å². The molecule has 0 spiro atoms. The van der Waals surface area contributed by atoms with Gasteiger partial charge in [0.15, 0.2) is 0 Å². The molecule has 2 fully saturated rings. The predicted molar refractivity (Wildman–Crippen MR) is 58.3 cm³/mol. The highest BCUT2D eigenvalue weighted by Crippen LogP contribution is 2.39. The van der Waals surface area contributed by atoms with Crippen LogP contribution in [0, 0.1) is 0 Å². The van der Waals surface area contributed by atoms with E-state index in [0.717, 1.165) is 10.5 Å². The van der Waals surface area contributed by atoms with Gasteiger partial charge in [0.1, 0.15) is 0 Å². The maximum Gasteiger partial charge on any atom is 0.0689 e. The number of thioether (sulfide) groups is 1. The first-order valence-electron chi connectivity index (χ1n) is 5.58. The zero-order valence-corrected chi connectivity index (χ0v) is 9.31. The highest BCUT2D eigenvalue weighted by Gasteiger charge is 2.30. The molecule has 0 aromatic heterocycles. The van der Waals surface area contributed by atoms with Crippen LogP contribution in [0.25, 0.3) is 0 Å². The van der Waals surface area contributed by atoms with E-state index in [1.54, 1.807) is 0 Å². The first-order chi connectivity index (χ1) is 6.40. The zero-order valence-electron chi connectivity index (χ0n) is 8.50. The Morgan fingerprint density at radius 2 is 1.77 bits per heavy atom. The van der Waals surface area contributed by atoms with Crippen LogP contribution in [-0.4, -0.2) is 23.7 Å². The van der Waals surface area contributed by atoms with E-state index < -0.39 is 0 Å². The van der Waals surface area contributed by atoms with E-state index in [9.17, 15) is 0 Å². The van der Waals surface area contributed by atoms with Crippen LogP contribution in [0.2, 0.25) is 0 Å². The molecule has 2 aliphatic rings. The van der Waals surface area contributed by atoms with Crippen molar-refractivity contribution >= 4 is 11.8 Å². The summed E-state index contributed by atoms with van der Waals surface area (Å²) in [5.74, 6) is 0. The second-order valence-electron chi connectivity index (χ2n) is 4.29. The normalized spacial score (nSPS) is 35.8. The van der Waals surface area contributed by atoms with Gasteiger partial charge < -0.3 is 4.74 Å². The van der Waals surface area contributed by atoms with E-state index in [1.165, 1.54) is 44.9 Å². The molecular weight excluding hydrogens is 180 g/mol. The molecule has 2 saturated carbocycles. The lowest BCUT2D eigenvalue weighted by Gasteiger charge is -2.20. The summed E-state index contributed by atoms with van der Waals surface area (Å²) in [6.45, 7) is 0. The van der Waals surface area contributed by atoms with Crippen LogP contribution in [0.1, 0.15) is 44.9 Å². The fourth-order valence-electron chi connectivity index (χ4n) is 2.59. The summed E-state index contributed by atoms with van der Waals surface area (Å²) in [4.78, 5) is 0. The minimum absolute atomic E-state index is 0.561. The van der Waals surface area contributed by atoms with Crippen molar-refractivity contribution in [2.45, 2.75) is 61.5 Å². The van der Waals surface area contributed by atoms with Crippen molar-refractivity contribution < 1.29 is 4.74 Å². The average Bonchev–Trinajstić information content (AvgIpc) is 2.76. The molecule has 2 heteroatoms. The number of hydrogen-bond donors (Lipinski definition) is 0. The van der Waals surface area contributed by atoms with Gasteiger partial charge in [0.05, 0.1) is 6.10 Å². The topological polar surface area (TPSA) is 9.23 Å². The van der Waals surface area contributed by atoms with Crippen molar-refractivity contribution in [1.82, 2.24) is 0 Å². The lowest BCUT2D eigenvalue weighted by molar-refractivity contribution is 0.113. The van der Waals surface area contributed by atoms with Crippen molar-refractivity contribution in [3.8, 4) is 0 Å². The molecule has 0 N–H and O–H groups in total. The highest BCUT2D eigenvalue weighted by atomic mass is 32.2. The van der Waals surface area contributed by atoms with Gasteiger partial charge in [-0.05, 0) is 32.1 Å². The van der Waals surface area contributed by atoms with E-state index in [2.05, 4.69) is 11.8 Å². The maximum absolute atomic E-state index is 5.51. The number of ether oxygens (including phenoxy) is 1. The molecule has 0 heterocycles. The van der Waals surface area contributed by atoms with E-state index in [1.807, 2.05) is 7.11 Å². The fourth-order valence-corrected chi connectivity index (χ4v) is 4.41. The van der Waals surface area contributed by atoms with Gasteiger partial charge in [-0.15, -0.1) is 0 Å². The molecule has 76 valence electrons. The smallest absolute Gasteiger partial charge is 0.0689 e. The van der Waals surface area contributed by atoms with Gasteiger partial charge in [-0.2, -0.15) is 11.8 Å². The summed E-state index contributed by atoms with van der Waals surface area (Å²) in [6.07, 6.45) is 10.5. The summed E-state index contributed by atoms with van der Waals surface area (Å²) in [5, 5.41) is 1.77.